The maximum absolute atomic E-state index is 11.4. The fraction of sp³-hybridized carbons (Fsp3) is 0.364. The predicted octanol–water partition coefficient (Wildman–Crippen LogP) is 2.31. The van der Waals surface area contributed by atoms with E-state index in [1.54, 1.807) is 0 Å². The van der Waals surface area contributed by atoms with Gasteiger partial charge in [0.25, 0.3) is 0 Å². The van der Waals surface area contributed by atoms with Gasteiger partial charge in [-0.1, -0.05) is 28.9 Å². The molecule has 1 aromatic rings. The van der Waals surface area contributed by atoms with E-state index in [9.17, 15) is 4.79 Å². The minimum absolute atomic E-state index is 0.0207. The van der Waals surface area contributed by atoms with Crippen LogP contribution < -0.4 is 10.6 Å². The Kier molecular flexibility index (Phi) is 4.78. The Hall–Kier alpha value is -0.870. The van der Waals surface area contributed by atoms with Crippen LogP contribution in [-0.2, 0) is 4.79 Å². The molecule has 0 atom stereocenters. The highest BCUT2D eigenvalue weighted by molar-refractivity contribution is 9.10. The van der Waals surface area contributed by atoms with Gasteiger partial charge in [-0.05, 0) is 31.2 Å². The van der Waals surface area contributed by atoms with Crippen LogP contribution >= 0.6 is 15.9 Å². The van der Waals surface area contributed by atoms with E-state index in [1.165, 1.54) is 0 Å². The van der Waals surface area contributed by atoms with Crippen LogP contribution in [0.25, 0.3) is 0 Å². The van der Waals surface area contributed by atoms with Crippen molar-refractivity contribution in [3.8, 4) is 0 Å². The van der Waals surface area contributed by atoms with Crippen LogP contribution in [0.15, 0.2) is 22.7 Å². The van der Waals surface area contributed by atoms with E-state index in [0.717, 1.165) is 22.3 Å². The molecule has 4 heteroatoms. The summed E-state index contributed by atoms with van der Waals surface area (Å²) in [5.74, 6) is -0.0207. The number of hydrogen-bond acceptors (Lipinski definition) is 2. The van der Waals surface area contributed by atoms with Gasteiger partial charge in [0.15, 0.2) is 0 Å². The Labute approximate surface area is 98.4 Å². The van der Waals surface area contributed by atoms with Gasteiger partial charge in [-0.3, -0.25) is 4.79 Å². The fourth-order valence-electron chi connectivity index (χ4n) is 1.11. The molecule has 15 heavy (non-hydrogen) atoms. The topological polar surface area (TPSA) is 41.1 Å². The molecule has 0 aliphatic carbocycles. The van der Waals surface area contributed by atoms with Crippen LogP contribution in [0, 0.1) is 6.92 Å². The van der Waals surface area contributed by atoms with Crippen LogP contribution in [-0.4, -0.2) is 19.0 Å². The van der Waals surface area contributed by atoms with Crippen molar-refractivity contribution in [3.05, 3.63) is 28.2 Å². The summed E-state index contributed by atoms with van der Waals surface area (Å²) in [4.78, 5) is 11.4. The SMILES string of the molecule is CCNCC(=O)Nc1ccc(C)c(Br)c1. The number of rotatable bonds is 4. The van der Waals surface area contributed by atoms with Gasteiger partial charge in [0, 0.05) is 10.2 Å². The van der Waals surface area contributed by atoms with Crippen molar-refractivity contribution in [1.82, 2.24) is 5.32 Å². The second-order valence-electron chi connectivity index (χ2n) is 3.29. The molecule has 0 aliphatic rings. The Balaban J connectivity index is 2.57. The minimum atomic E-state index is -0.0207. The van der Waals surface area contributed by atoms with E-state index in [2.05, 4.69) is 26.6 Å². The Bertz CT molecular complexity index is 352. The van der Waals surface area contributed by atoms with Crippen LogP contribution in [0.2, 0.25) is 0 Å². The standard InChI is InChI=1S/C11H15BrN2O/c1-3-13-7-11(15)14-9-5-4-8(2)10(12)6-9/h4-6,13H,3,7H2,1-2H3,(H,14,15). The molecule has 0 aliphatic heterocycles. The number of anilines is 1. The molecular weight excluding hydrogens is 256 g/mol. The lowest BCUT2D eigenvalue weighted by atomic mass is 10.2. The molecule has 0 fully saturated rings. The lowest BCUT2D eigenvalue weighted by molar-refractivity contribution is -0.115. The average molecular weight is 271 g/mol. The summed E-state index contributed by atoms with van der Waals surface area (Å²) < 4.78 is 1.00. The van der Waals surface area contributed by atoms with Gasteiger partial charge in [-0.25, -0.2) is 0 Å². The summed E-state index contributed by atoms with van der Waals surface area (Å²) in [6.45, 7) is 5.12. The predicted molar refractivity (Wildman–Crippen MR) is 66.1 cm³/mol. The molecule has 0 unspecified atom stereocenters. The van der Waals surface area contributed by atoms with Crippen LogP contribution in [0.1, 0.15) is 12.5 Å². The zero-order valence-corrected chi connectivity index (χ0v) is 10.5. The van der Waals surface area contributed by atoms with E-state index in [-0.39, 0.29) is 5.91 Å². The number of hydrogen-bond donors (Lipinski definition) is 2. The van der Waals surface area contributed by atoms with Gasteiger partial charge in [0.05, 0.1) is 6.54 Å². The molecule has 1 amide bonds. The molecule has 0 spiro atoms. The number of halogens is 1. The summed E-state index contributed by atoms with van der Waals surface area (Å²) in [6, 6.07) is 5.76. The number of nitrogens with one attached hydrogen (secondary N) is 2. The van der Waals surface area contributed by atoms with E-state index in [1.807, 2.05) is 32.0 Å². The van der Waals surface area contributed by atoms with Crippen LogP contribution in [0.4, 0.5) is 5.69 Å². The zero-order chi connectivity index (χ0) is 11.3. The van der Waals surface area contributed by atoms with Gasteiger partial charge in [-0.15, -0.1) is 0 Å². The van der Waals surface area contributed by atoms with Crippen molar-refractivity contribution in [2.45, 2.75) is 13.8 Å². The van der Waals surface area contributed by atoms with Crippen molar-refractivity contribution in [2.75, 3.05) is 18.4 Å². The van der Waals surface area contributed by atoms with Gasteiger partial charge >= 0.3 is 0 Å². The van der Waals surface area contributed by atoms with E-state index in [0.29, 0.717) is 6.54 Å². The highest BCUT2D eigenvalue weighted by Crippen LogP contribution is 2.20. The van der Waals surface area contributed by atoms with E-state index >= 15 is 0 Å². The molecule has 0 heterocycles. The first kappa shape index (κ1) is 12.2. The highest BCUT2D eigenvalue weighted by atomic mass is 79.9. The molecule has 3 nitrogen and oxygen atoms in total. The maximum Gasteiger partial charge on any atom is 0.238 e. The number of carbonyl (C=O) groups excluding carboxylic acids is 1. The highest BCUT2D eigenvalue weighted by Gasteiger charge is 2.02. The van der Waals surface area contributed by atoms with Crippen molar-refractivity contribution >= 4 is 27.5 Å². The molecule has 0 bridgehead atoms. The third-order valence-corrected chi connectivity index (χ3v) is 2.85. The molecule has 0 aromatic heterocycles. The van der Waals surface area contributed by atoms with Gasteiger partial charge in [-0.2, -0.15) is 0 Å². The summed E-state index contributed by atoms with van der Waals surface area (Å²) in [5, 5.41) is 5.78. The third-order valence-electron chi connectivity index (χ3n) is 1.99. The Morgan fingerprint density at radius 2 is 2.20 bits per heavy atom. The molecule has 1 rings (SSSR count). The Morgan fingerprint density at radius 3 is 2.80 bits per heavy atom. The number of benzene rings is 1. The van der Waals surface area contributed by atoms with Gasteiger partial charge in [0.2, 0.25) is 5.91 Å². The first-order valence-corrected chi connectivity index (χ1v) is 5.69. The second kappa shape index (κ2) is 5.88. The van der Waals surface area contributed by atoms with Gasteiger partial charge < -0.3 is 10.6 Å². The number of carbonyl (C=O) groups is 1. The average Bonchev–Trinajstić information content (AvgIpc) is 2.20. The lowest BCUT2D eigenvalue weighted by Crippen LogP contribution is -2.27. The van der Waals surface area contributed by atoms with Gasteiger partial charge in [0.1, 0.15) is 0 Å². The normalized spacial score (nSPS) is 10.1. The smallest absolute Gasteiger partial charge is 0.238 e. The number of amides is 1. The molecule has 82 valence electrons. The summed E-state index contributed by atoms with van der Waals surface area (Å²) in [6.07, 6.45) is 0. The third kappa shape index (κ3) is 4.01. The first-order chi connectivity index (χ1) is 7.13. The molecular formula is C11H15BrN2O. The second-order valence-corrected chi connectivity index (χ2v) is 4.15. The summed E-state index contributed by atoms with van der Waals surface area (Å²) in [7, 11) is 0. The molecule has 0 radical (unpaired) electrons. The van der Waals surface area contributed by atoms with Crippen molar-refractivity contribution in [2.24, 2.45) is 0 Å². The largest absolute Gasteiger partial charge is 0.325 e. The number of aryl methyl sites for hydroxylation is 1. The minimum Gasteiger partial charge on any atom is -0.325 e. The fourth-order valence-corrected chi connectivity index (χ4v) is 1.49. The van der Waals surface area contributed by atoms with E-state index in [4.69, 9.17) is 0 Å². The van der Waals surface area contributed by atoms with Crippen LogP contribution in [0.3, 0.4) is 0 Å². The molecule has 0 saturated carbocycles. The van der Waals surface area contributed by atoms with E-state index < -0.39 is 0 Å². The summed E-state index contributed by atoms with van der Waals surface area (Å²) in [5.41, 5.74) is 1.97. The first-order valence-electron chi connectivity index (χ1n) is 4.90. The van der Waals surface area contributed by atoms with Crippen molar-refractivity contribution in [1.29, 1.82) is 0 Å². The Morgan fingerprint density at radius 1 is 1.47 bits per heavy atom. The molecule has 2 N–H and O–H groups in total. The van der Waals surface area contributed by atoms with Crippen molar-refractivity contribution < 1.29 is 4.79 Å². The number of likely N-dealkylation sites (N-methyl/N-ethyl adjacent to an activating group) is 1. The van der Waals surface area contributed by atoms with Crippen molar-refractivity contribution in [3.63, 3.8) is 0 Å². The zero-order valence-electron chi connectivity index (χ0n) is 8.93. The quantitative estimate of drug-likeness (QED) is 0.882. The summed E-state index contributed by atoms with van der Waals surface area (Å²) >= 11 is 3.42. The lowest BCUT2D eigenvalue weighted by Gasteiger charge is -2.07. The molecule has 1 aromatic carbocycles. The van der Waals surface area contributed by atoms with Crippen LogP contribution in [0.5, 0.6) is 0 Å². The molecule has 0 saturated heterocycles. The maximum atomic E-state index is 11.4. The monoisotopic (exact) mass is 270 g/mol.